The zero-order valence-corrected chi connectivity index (χ0v) is 14.0. The largest absolute Gasteiger partial charge is 0.392 e. The van der Waals surface area contributed by atoms with E-state index in [1.807, 2.05) is 13.8 Å². The molecular weight excluding hydrogens is 310 g/mol. The van der Waals surface area contributed by atoms with E-state index in [0.29, 0.717) is 18.4 Å². The number of nitriles is 1. The van der Waals surface area contributed by atoms with Gasteiger partial charge in [-0.2, -0.15) is 5.26 Å². The molecule has 1 aliphatic carbocycles. The molecule has 1 aliphatic rings. The Balaban J connectivity index is 2.50. The maximum atomic E-state index is 12.6. The van der Waals surface area contributed by atoms with Gasteiger partial charge in [-0.05, 0) is 17.0 Å². The summed E-state index contributed by atoms with van der Waals surface area (Å²) in [5.74, 6) is -2.76. The van der Waals surface area contributed by atoms with E-state index in [0.717, 1.165) is 0 Å². The highest BCUT2D eigenvalue weighted by Crippen LogP contribution is 2.42. The molecule has 0 bridgehead atoms. The van der Waals surface area contributed by atoms with Gasteiger partial charge in [-0.15, -0.1) is 0 Å². The summed E-state index contributed by atoms with van der Waals surface area (Å²) >= 11 is 5.00. The van der Waals surface area contributed by atoms with Crippen LogP contribution in [0.2, 0.25) is 0 Å². The first kappa shape index (κ1) is 17.2. The Labute approximate surface area is 140 Å². The number of pyridine rings is 1. The Morgan fingerprint density at radius 3 is 2.48 bits per heavy atom. The normalized spacial score (nSPS) is 20.6. The molecule has 2 atom stereocenters. The van der Waals surface area contributed by atoms with E-state index in [9.17, 15) is 14.9 Å². The van der Waals surface area contributed by atoms with Crippen molar-refractivity contribution in [3.63, 3.8) is 0 Å². The van der Waals surface area contributed by atoms with Gasteiger partial charge in [0.25, 0.3) is 0 Å². The van der Waals surface area contributed by atoms with Crippen molar-refractivity contribution in [3.05, 3.63) is 30.1 Å². The van der Waals surface area contributed by atoms with Crippen molar-refractivity contribution in [1.29, 1.82) is 5.26 Å². The summed E-state index contributed by atoms with van der Waals surface area (Å²) in [4.78, 5) is 29.3. The van der Waals surface area contributed by atoms with Gasteiger partial charge in [0.1, 0.15) is 17.5 Å². The number of nitrogens with zero attached hydrogens (tertiary/aromatic N) is 2. The van der Waals surface area contributed by atoms with Crippen molar-refractivity contribution in [2.24, 2.45) is 23.0 Å². The lowest BCUT2D eigenvalue weighted by Gasteiger charge is -2.37. The summed E-state index contributed by atoms with van der Waals surface area (Å²) < 4.78 is 0. The second-order valence-corrected chi connectivity index (χ2v) is 7.22. The quantitative estimate of drug-likeness (QED) is 0.671. The van der Waals surface area contributed by atoms with E-state index in [1.165, 1.54) is 0 Å². The second-order valence-electron chi connectivity index (χ2n) is 6.75. The van der Waals surface area contributed by atoms with E-state index < -0.39 is 17.8 Å². The molecule has 1 aromatic heterocycles. The maximum absolute atomic E-state index is 12.6. The molecule has 2 unspecified atom stereocenters. The van der Waals surface area contributed by atoms with Crippen LogP contribution in [0.1, 0.15) is 38.2 Å². The molecular formula is C17H19N3O2S. The number of carbonyl (C=O) groups is 2. The van der Waals surface area contributed by atoms with Crippen LogP contribution in [0.25, 0.3) is 0 Å². The van der Waals surface area contributed by atoms with Crippen LogP contribution >= 0.6 is 12.2 Å². The average Bonchev–Trinajstić information content (AvgIpc) is 2.45. The third-order valence-electron chi connectivity index (χ3n) is 4.23. The standard InChI is InChI=1S/C17H19N3O2S/c1-17(2)6-12(21)15(13(22)7-17)14(11(8-18)16(19)23)10-4-3-5-20-9-10/h3-5,9,11,14-15H,6-7H2,1-2H3,(H2,19,23). The zero-order valence-electron chi connectivity index (χ0n) is 13.2. The highest BCUT2D eigenvalue weighted by Gasteiger charge is 2.47. The zero-order chi connectivity index (χ0) is 17.2. The van der Waals surface area contributed by atoms with Crippen molar-refractivity contribution in [2.75, 3.05) is 0 Å². The first-order valence-electron chi connectivity index (χ1n) is 7.41. The number of rotatable bonds is 4. The molecule has 5 nitrogen and oxygen atoms in total. The molecule has 0 spiro atoms. The van der Waals surface area contributed by atoms with Gasteiger partial charge in [0, 0.05) is 31.2 Å². The number of ketones is 2. The Hall–Kier alpha value is -2.13. The average molecular weight is 329 g/mol. The van der Waals surface area contributed by atoms with E-state index in [2.05, 4.69) is 11.1 Å². The van der Waals surface area contributed by atoms with Gasteiger partial charge < -0.3 is 5.73 Å². The molecule has 23 heavy (non-hydrogen) atoms. The van der Waals surface area contributed by atoms with Crippen LogP contribution in [-0.2, 0) is 9.59 Å². The molecule has 1 saturated carbocycles. The van der Waals surface area contributed by atoms with E-state index in [-0.39, 0.29) is 22.0 Å². The number of hydrogen-bond acceptors (Lipinski definition) is 5. The number of Topliss-reactive ketones (excluding diaryl/α,β-unsaturated/α-hetero) is 2. The monoisotopic (exact) mass is 329 g/mol. The van der Waals surface area contributed by atoms with Gasteiger partial charge in [0.15, 0.2) is 0 Å². The molecule has 2 N–H and O–H groups in total. The van der Waals surface area contributed by atoms with Gasteiger partial charge >= 0.3 is 0 Å². The van der Waals surface area contributed by atoms with Crippen molar-refractivity contribution < 1.29 is 9.59 Å². The minimum Gasteiger partial charge on any atom is -0.392 e. The number of aromatic nitrogens is 1. The molecule has 6 heteroatoms. The topological polar surface area (TPSA) is 96.8 Å². The lowest BCUT2D eigenvalue weighted by Crippen LogP contribution is -2.44. The molecule has 1 heterocycles. The molecule has 1 aromatic rings. The van der Waals surface area contributed by atoms with Gasteiger partial charge in [0.2, 0.25) is 0 Å². The first-order valence-corrected chi connectivity index (χ1v) is 7.82. The Morgan fingerprint density at radius 1 is 1.43 bits per heavy atom. The van der Waals surface area contributed by atoms with Gasteiger partial charge in [-0.25, -0.2) is 0 Å². The number of nitrogens with two attached hydrogens (primary N) is 1. The minimum atomic E-state index is -0.890. The van der Waals surface area contributed by atoms with Crippen LogP contribution in [0, 0.1) is 28.6 Å². The summed E-state index contributed by atoms with van der Waals surface area (Å²) in [7, 11) is 0. The molecule has 1 fully saturated rings. The molecule has 0 aromatic carbocycles. The van der Waals surface area contributed by atoms with Crippen molar-refractivity contribution in [3.8, 4) is 6.07 Å². The van der Waals surface area contributed by atoms with Crippen molar-refractivity contribution in [1.82, 2.24) is 4.98 Å². The fourth-order valence-corrected chi connectivity index (χ4v) is 3.48. The van der Waals surface area contributed by atoms with Crippen molar-refractivity contribution in [2.45, 2.75) is 32.6 Å². The molecule has 120 valence electrons. The number of hydrogen-bond donors (Lipinski definition) is 1. The van der Waals surface area contributed by atoms with Crippen LogP contribution in [0.3, 0.4) is 0 Å². The van der Waals surface area contributed by atoms with Gasteiger partial charge in [0.05, 0.1) is 17.0 Å². The predicted octanol–water partition coefficient (Wildman–Crippen LogP) is 2.17. The third-order valence-corrected chi connectivity index (χ3v) is 4.49. The van der Waals surface area contributed by atoms with E-state index >= 15 is 0 Å². The molecule has 0 amide bonds. The Kier molecular flexibility index (Phi) is 4.90. The lowest BCUT2D eigenvalue weighted by molar-refractivity contribution is -0.140. The van der Waals surface area contributed by atoms with Gasteiger partial charge in [-0.3, -0.25) is 14.6 Å². The fraction of sp³-hybridized carbons (Fsp3) is 0.471. The Morgan fingerprint density at radius 2 is 2.04 bits per heavy atom. The summed E-state index contributed by atoms with van der Waals surface area (Å²) in [6.45, 7) is 3.79. The van der Waals surface area contributed by atoms with Crippen molar-refractivity contribution >= 4 is 28.8 Å². The summed E-state index contributed by atoms with van der Waals surface area (Å²) in [5, 5.41) is 9.47. The predicted molar refractivity (Wildman–Crippen MR) is 89.4 cm³/mol. The highest BCUT2D eigenvalue weighted by atomic mass is 32.1. The number of thiocarbonyl (C=S) groups is 1. The van der Waals surface area contributed by atoms with Crippen LogP contribution in [0.4, 0.5) is 0 Å². The SMILES string of the molecule is CC1(C)CC(=O)C(C(c2cccnc2)C(C#N)C(N)=S)C(=O)C1. The lowest BCUT2D eigenvalue weighted by atomic mass is 9.64. The van der Waals surface area contributed by atoms with Crippen LogP contribution in [-0.4, -0.2) is 21.5 Å². The van der Waals surface area contributed by atoms with Crippen LogP contribution in [0.5, 0.6) is 0 Å². The smallest absolute Gasteiger partial charge is 0.144 e. The van der Waals surface area contributed by atoms with Gasteiger partial charge in [-0.1, -0.05) is 32.1 Å². The Bertz CT molecular complexity index is 659. The van der Waals surface area contributed by atoms with E-state index in [4.69, 9.17) is 18.0 Å². The summed E-state index contributed by atoms with van der Waals surface area (Å²) in [5.41, 5.74) is 5.99. The summed E-state index contributed by atoms with van der Waals surface area (Å²) in [6.07, 6.45) is 3.76. The molecule has 0 aliphatic heterocycles. The molecule has 0 radical (unpaired) electrons. The number of carbonyl (C=O) groups excluding carboxylic acids is 2. The van der Waals surface area contributed by atoms with Crippen LogP contribution in [0.15, 0.2) is 24.5 Å². The third kappa shape index (κ3) is 3.62. The minimum absolute atomic E-state index is 0.00760. The van der Waals surface area contributed by atoms with E-state index in [1.54, 1.807) is 24.5 Å². The second kappa shape index (κ2) is 6.55. The molecule has 0 saturated heterocycles. The molecule has 2 rings (SSSR count). The fourth-order valence-electron chi connectivity index (χ4n) is 3.28. The maximum Gasteiger partial charge on any atom is 0.144 e. The summed E-state index contributed by atoms with van der Waals surface area (Å²) in [6, 6.07) is 5.52. The van der Waals surface area contributed by atoms with Crippen LogP contribution < -0.4 is 5.73 Å². The highest BCUT2D eigenvalue weighted by molar-refractivity contribution is 7.80. The first-order chi connectivity index (χ1) is 10.8.